The van der Waals surface area contributed by atoms with Crippen molar-refractivity contribution in [2.45, 2.75) is 19.3 Å². The molecule has 110 valence electrons. The summed E-state index contributed by atoms with van der Waals surface area (Å²) in [4.78, 5) is 4.60. The van der Waals surface area contributed by atoms with Crippen molar-refractivity contribution >= 4 is 5.65 Å². The molecule has 1 aromatic carbocycles. The summed E-state index contributed by atoms with van der Waals surface area (Å²) in [6.45, 7) is 4.15. The minimum absolute atomic E-state index is 0.247. The van der Waals surface area contributed by atoms with Gasteiger partial charge in [0.05, 0.1) is 5.69 Å². The van der Waals surface area contributed by atoms with Gasteiger partial charge in [-0.15, -0.1) is 0 Å². The summed E-state index contributed by atoms with van der Waals surface area (Å²) in [6, 6.07) is 13.1. The molecule has 4 nitrogen and oxygen atoms in total. The first-order valence-electron chi connectivity index (χ1n) is 7.52. The number of aromatic hydroxyl groups is 1. The lowest BCUT2D eigenvalue weighted by molar-refractivity contribution is 0.475. The highest BCUT2D eigenvalue weighted by Crippen LogP contribution is 2.36. The average molecular weight is 291 g/mol. The van der Waals surface area contributed by atoms with Crippen LogP contribution in [0.1, 0.15) is 18.7 Å². The number of fused-ring (bicyclic) bond motifs is 1. The summed E-state index contributed by atoms with van der Waals surface area (Å²) >= 11 is 0. The number of hydrogen-bond donors (Lipinski definition) is 1. The van der Waals surface area contributed by atoms with E-state index in [1.54, 1.807) is 12.1 Å². The van der Waals surface area contributed by atoms with Crippen LogP contribution in [0.15, 0.2) is 54.6 Å². The normalized spacial score (nSPS) is 14.4. The van der Waals surface area contributed by atoms with Gasteiger partial charge in [-0.3, -0.25) is 0 Å². The minimum Gasteiger partial charge on any atom is -0.508 e. The van der Waals surface area contributed by atoms with Gasteiger partial charge in [0.25, 0.3) is 0 Å². The zero-order valence-corrected chi connectivity index (χ0v) is 12.2. The zero-order chi connectivity index (χ0) is 15.1. The van der Waals surface area contributed by atoms with Crippen molar-refractivity contribution in [2.24, 2.45) is 5.92 Å². The molecule has 0 amide bonds. The molecule has 22 heavy (non-hydrogen) atoms. The van der Waals surface area contributed by atoms with E-state index >= 15 is 0 Å². The summed E-state index contributed by atoms with van der Waals surface area (Å²) in [7, 11) is 0. The largest absolute Gasteiger partial charge is 0.508 e. The molecule has 1 fully saturated rings. The standard InChI is InChI=1S/C18H17N3O/c1-12(13-8-9-13)10-17-19-18-7-3-6-16(21(18)20-17)14-4-2-5-15(22)11-14/h2-7,11,13,22H,1,8-10H2. The van der Waals surface area contributed by atoms with Crippen LogP contribution in [0.5, 0.6) is 5.75 Å². The Morgan fingerprint density at radius 3 is 2.82 bits per heavy atom. The maximum Gasteiger partial charge on any atom is 0.156 e. The van der Waals surface area contributed by atoms with E-state index in [2.05, 4.69) is 16.7 Å². The van der Waals surface area contributed by atoms with Crippen molar-refractivity contribution in [2.75, 3.05) is 0 Å². The first kappa shape index (κ1) is 13.1. The van der Waals surface area contributed by atoms with Crippen molar-refractivity contribution < 1.29 is 5.11 Å². The lowest BCUT2D eigenvalue weighted by Crippen LogP contribution is -1.96. The Morgan fingerprint density at radius 2 is 2.05 bits per heavy atom. The molecule has 2 heterocycles. The van der Waals surface area contributed by atoms with Gasteiger partial charge in [0.1, 0.15) is 5.75 Å². The number of phenols is 1. The molecule has 1 N–H and O–H groups in total. The van der Waals surface area contributed by atoms with Crippen LogP contribution in [0.25, 0.3) is 16.9 Å². The highest BCUT2D eigenvalue weighted by molar-refractivity contribution is 5.64. The second-order valence-electron chi connectivity index (χ2n) is 5.87. The first-order chi connectivity index (χ1) is 10.7. The number of phenolic OH excluding ortho intramolecular Hbond substituents is 1. The van der Waals surface area contributed by atoms with Crippen molar-refractivity contribution in [3.63, 3.8) is 0 Å². The van der Waals surface area contributed by atoms with Gasteiger partial charge in [-0.2, -0.15) is 5.10 Å². The molecule has 2 aromatic heterocycles. The number of allylic oxidation sites excluding steroid dienone is 1. The van der Waals surface area contributed by atoms with Gasteiger partial charge in [-0.05, 0) is 43.0 Å². The Bertz CT molecular complexity index is 862. The number of hydrogen-bond acceptors (Lipinski definition) is 3. The Labute approximate surface area is 128 Å². The Morgan fingerprint density at radius 1 is 1.23 bits per heavy atom. The van der Waals surface area contributed by atoms with Gasteiger partial charge < -0.3 is 5.11 Å². The molecule has 0 spiro atoms. The van der Waals surface area contributed by atoms with E-state index in [1.165, 1.54) is 18.4 Å². The van der Waals surface area contributed by atoms with E-state index in [9.17, 15) is 5.11 Å². The SMILES string of the molecule is C=C(Cc1nc2cccc(-c3cccc(O)c3)n2n1)C1CC1. The van der Waals surface area contributed by atoms with Gasteiger partial charge >= 0.3 is 0 Å². The van der Waals surface area contributed by atoms with Crippen LogP contribution in [-0.2, 0) is 6.42 Å². The van der Waals surface area contributed by atoms with Crippen LogP contribution < -0.4 is 0 Å². The summed E-state index contributed by atoms with van der Waals surface area (Å²) in [5.41, 5.74) is 3.89. The number of nitrogens with zero attached hydrogens (tertiary/aromatic N) is 3. The minimum atomic E-state index is 0.247. The van der Waals surface area contributed by atoms with E-state index in [0.717, 1.165) is 29.1 Å². The molecule has 0 radical (unpaired) electrons. The topological polar surface area (TPSA) is 50.4 Å². The van der Waals surface area contributed by atoms with Crippen LogP contribution >= 0.6 is 0 Å². The van der Waals surface area contributed by atoms with E-state index in [4.69, 9.17) is 0 Å². The molecule has 1 aliphatic carbocycles. The van der Waals surface area contributed by atoms with Crippen LogP contribution in [-0.4, -0.2) is 19.7 Å². The van der Waals surface area contributed by atoms with Crippen LogP contribution in [0.2, 0.25) is 0 Å². The van der Waals surface area contributed by atoms with Gasteiger partial charge in [0.2, 0.25) is 0 Å². The molecule has 4 heteroatoms. The second-order valence-corrected chi connectivity index (χ2v) is 5.87. The molecule has 0 atom stereocenters. The number of aromatic nitrogens is 3. The Balaban J connectivity index is 1.76. The van der Waals surface area contributed by atoms with Crippen molar-refractivity contribution in [1.82, 2.24) is 14.6 Å². The van der Waals surface area contributed by atoms with Crippen LogP contribution in [0.3, 0.4) is 0 Å². The fourth-order valence-corrected chi connectivity index (χ4v) is 2.75. The van der Waals surface area contributed by atoms with Gasteiger partial charge in [0, 0.05) is 12.0 Å². The predicted molar refractivity (Wildman–Crippen MR) is 85.7 cm³/mol. The van der Waals surface area contributed by atoms with Crippen molar-refractivity contribution in [1.29, 1.82) is 0 Å². The average Bonchev–Trinajstić information content (AvgIpc) is 3.27. The molecule has 0 aliphatic heterocycles. The quantitative estimate of drug-likeness (QED) is 0.747. The highest BCUT2D eigenvalue weighted by atomic mass is 16.3. The van der Waals surface area contributed by atoms with E-state index in [-0.39, 0.29) is 5.75 Å². The van der Waals surface area contributed by atoms with E-state index in [0.29, 0.717) is 5.92 Å². The third kappa shape index (κ3) is 2.37. The molecule has 0 bridgehead atoms. The summed E-state index contributed by atoms with van der Waals surface area (Å²) in [5, 5.41) is 14.3. The highest BCUT2D eigenvalue weighted by Gasteiger charge is 2.25. The fourth-order valence-electron chi connectivity index (χ4n) is 2.75. The lowest BCUT2D eigenvalue weighted by atomic mass is 10.1. The Hall–Kier alpha value is -2.62. The van der Waals surface area contributed by atoms with Gasteiger partial charge in [-0.1, -0.05) is 30.4 Å². The smallest absolute Gasteiger partial charge is 0.156 e. The summed E-state index contributed by atoms with van der Waals surface area (Å²) < 4.78 is 1.84. The van der Waals surface area contributed by atoms with Gasteiger partial charge in [0.15, 0.2) is 11.5 Å². The first-order valence-corrected chi connectivity index (χ1v) is 7.52. The number of rotatable bonds is 4. The zero-order valence-electron chi connectivity index (χ0n) is 12.2. The molecular weight excluding hydrogens is 274 g/mol. The summed E-state index contributed by atoms with van der Waals surface area (Å²) in [6.07, 6.45) is 3.24. The van der Waals surface area contributed by atoms with Crippen LogP contribution in [0.4, 0.5) is 0 Å². The summed E-state index contributed by atoms with van der Waals surface area (Å²) in [5.74, 6) is 1.72. The maximum atomic E-state index is 9.68. The molecular formula is C18H17N3O. The maximum absolute atomic E-state index is 9.68. The monoisotopic (exact) mass is 291 g/mol. The van der Waals surface area contributed by atoms with Gasteiger partial charge in [-0.25, -0.2) is 9.50 Å². The third-order valence-corrected chi connectivity index (χ3v) is 4.09. The van der Waals surface area contributed by atoms with E-state index < -0.39 is 0 Å². The van der Waals surface area contributed by atoms with Crippen molar-refractivity contribution in [3.8, 4) is 17.0 Å². The molecule has 4 rings (SSSR count). The molecule has 1 aliphatic rings. The predicted octanol–water partition coefficient (Wildman–Crippen LogP) is 3.61. The van der Waals surface area contributed by atoms with E-state index in [1.807, 2.05) is 34.8 Å². The number of benzene rings is 1. The molecule has 0 unspecified atom stereocenters. The van der Waals surface area contributed by atoms with Crippen LogP contribution in [0, 0.1) is 5.92 Å². The Kier molecular flexibility index (Phi) is 2.96. The lowest BCUT2D eigenvalue weighted by Gasteiger charge is -2.04. The fraction of sp³-hybridized carbons (Fsp3) is 0.222. The van der Waals surface area contributed by atoms with Crippen molar-refractivity contribution in [3.05, 3.63) is 60.4 Å². The third-order valence-electron chi connectivity index (χ3n) is 4.09. The molecule has 1 saturated carbocycles. The molecule has 3 aromatic rings. The second kappa shape index (κ2) is 4.98. The molecule has 0 saturated heterocycles. The number of pyridine rings is 1.